The van der Waals surface area contributed by atoms with E-state index in [1.54, 1.807) is 6.08 Å². The molecule has 0 spiro atoms. The molecule has 0 radical (unpaired) electrons. The summed E-state index contributed by atoms with van der Waals surface area (Å²) in [5.74, 6) is 0.633. The van der Waals surface area contributed by atoms with Gasteiger partial charge in [0.15, 0.2) is 0 Å². The van der Waals surface area contributed by atoms with Gasteiger partial charge >= 0.3 is 0 Å². The van der Waals surface area contributed by atoms with Gasteiger partial charge in [-0.3, -0.25) is 14.9 Å². The lowest BCUT2D eigenvalue weighted by Crippen LogP contribution is -2.26. The van der Waals surface area contributed by atoms with Crippen molar-refractivity contribution in [1.82, 2.24) is 9.69 Å². The van der Waals surface area contributed by atoms with Crippen LogP contribution in [0.15, 0.2) is 35.2 Å². The summed E-state index contributed by atoms with van der Waals surface area (Å²) in [5.41, 5.74) is 0. The van der Waals surface area contributed by atoms with Crippen LogP contribution >= 0.6 is 23.3 Å². The lowest BCUT2D eigenvalue weighted by atomic mass is 10.2. The van der Waals surface area contributed by atoms with Gasteiger partial charge in [0.1, 0.15) is 5.82 Å². The number of thioether (sulfide) groups is 1. The SMILES string of the molecule is O=C(NCCCNc1nsc2ccccc12)C1=CCC([N+](=O)[O-])S1. The maximum absolute atomic E-state index is 11.9. The molecule has 0 saturated carbocycles. The average Bonchev–Trinajstić information content (AvgIpc) is 3.22. The molecule has 24 heavy (non-hydrogen) atoms. The van der Waals surface area contributed by atoms with Crippen molar-refractivity contribution in [2.75, 3.05) is 18.4 Å². The quantitative estimate of drug-likeness (QED) is 0.445. The highest BCUT2D eigenvalue weighted by Crippen LogP contribution is 2.32. The number of nitrogens with one attached hydrogen (secondary N) is 2. The second-order valence-electron chi connectivity index (χ2n) is 5.23. The fraction of sp³-hybridized carbons (Fsp3) is 0.333. The summed E-state index contributed by atoms with van der Waals surface area (Å²) < 4.78 is 5.52. The fourth-order valence-corrected chi connectivity index (χ4v) is 4.02. The Bertz CT molecular complexity index is 790. The van der Waals surface area contributed by atoms with Crippen LogP contribution in [-0.2, 0) is 4.79 Å². The van der Waals surface area contributed by atoms with Gasteiger partial charge in [-0.2, -0.15) is 4.37 Å². The minimum absolute atomic E-state index is 0.233. The summed E-state index contributed by atoms with van der Waals surface area (Å²) in [4.78, 5) is 22.7. The van der Waals surface area contributed by atoms with Crippen LogP contribution in [-0.4, -0.2) is 33.7 Å². The van der Waals surface area contributed by atoms with E-state index in [0.29, 0.717) is 24.4 Å². The van der Waals surface area contributed by atoms with Crippen LogP contribution in [0.3, 0.4) is 0 Å². The van der Waals surface area contributed by atoms with Crippen LogP contribution in [0.2, 0.25) is 0 Å². The van der Waals surface area contributed by atoms with Gasteiger partial charge in [-0.1, -0.05) is 18.2 Å². The van der Waals surface area contributed by atoms with Crippen molar-refractivity contribution in [3.8, 4) is 0 Å². The Morgan fingerprint density at radius 1 is 1.38 bits per heavy atom. The second kappa shape index (κ2) is 7.63. The van der Waals surface area contributed by atoms with Crippen molar-refractivity contribution < 1.29 is 9.72 Å². The third kappa shape index (κ3) is 3.85. The van der Waals surface area contributed by atoms with Crippen LogP contribution in [0.25, 0.3) is 10.1 Å². The van der Waals surface area contributed by atoms with E-state index in [9.17, 15) is 14.9 Å². The zero-order valence-corrected chi connectivity index (χ0v) is 14.4. The molecule has 0 bridgehead atoms. The van der Waals surface area contributed by atoms with E-state index in [-0.39, 0.29) is 10.8 Å². The monoisotopic (exact) mass is 364 g/mol. The number of hydrogen-bond acceptors (Lipinski definition) is 7. The zero-order valence-electron chi connectivity index (χ0n) is 12.7. The molecule has 3 rings (SSSR count). The number of benzene rings is 1. The highest BCUT2D eigenvalue weighted by atomic mass is 32.2. The average molecular weight is 364 g/mol. The Kier molecular flexibility index (Phi) is 5.31. The highest BCUT2D eigenvalue weighted by molar-refractivity contribution is 8.04. The van der Waals surface area contributed by atoms with Gasteiger partial charge in [0.05, 0.1) is 9.61 Å². The molecule has 0 saturated heterocycles. The van der Waals surface area contributed by atoms with Crippen LogP contribution in [0.4, 0.5) is 5.82 Å². The molecular weight excluding hydrogens is 348 g/mol. The van der Waals surface area contributed by atoms with Crippen LogP contribution in [0.5, 0.6) is 0 Å². The first-order valence-electron chi connectivity index (χ1n) is 7.52. The van der Waals surface area contributed by atoms with E-state index in [4.69, 9.17) is 0 Å². The first kappa shape index (κ1) is 16.7. The van der Waals surface area contributed by atoms with Crippen LogP contribution < -0.4 is 10.6 Å². The van der Waals surface area contributed by atoms with E-state index >= 15 is 0 Å². The van der Waals surface area contributed by atoms with Gasteiger partial charge in [-0.15, -0.1) is 0 Å². The minimum atomic E-state index is -0.731. The molecule has 0 aliphatic carbocycles. The highest BCUT2D eigenvalue weighted by Gasteiger charge is 2.30. The molecule has 1 aromatic carbocycles. The Morgan fingerprint density at radius 3 is 3.00 bits per heavy atom. The normalized spacial score (nSPS) is 16.8. The van der Waals surface area contributed by atoms with E-state index in [1.807, 2.05) is 24.3 Å². The van der Waals surface area contributed by atoms with Crippen LogP contribution in [0.1, 0.15) is 12.8 Å². The number of amides is 1. The molecule has 1 atom stereocenters. The van der Waals surface area contributed by atoms with Gasteiger partial charge < -0.3 is 10.6 Å². The number of carbonyl (C=O) groups is 1. The van der Waals surface area contributed by atoms with E-state index in [2.05, 4.69) is 15.0 Å². The standard InChI is InChI=1S/C15H16N4O3S2/c20-15(12-6-7-13(23-12)19(21)22)17-9-3-8-16-14-10-4-1-2-5-11(10)24-18-14/h1-2,4-6,13H,3,7-9H2,(H,16,18)(H,17,20). The first-order chi connectivity index (χ1) is 11.6. The molecule has 1 aromatic heterocycles. The summed E-state index contributed by atoms with van der Waals surface area (Å²) >= 11 is 2.47. The maximum Gasteiger partial charge on any atom is 0.266 e. The minimum Gasteiger partial charge on any atom is -0.369 e. The lowest BCUT2D eigenvalue weighted by molar-refractivity contribution is -0.493. The predicted molar refractivity (Wildman–Crippen MR) is 96.8 cm³/mol. The molecule has 2 N–H and O–H groups in total. The number of rotatable bonds is 7. The third-order valence-electron chi connectivity index (χ3n) is 3.54. The molecule has 7 nitrogen and oxygen atoms in total. The van der Waals surface area contributed by atoms with Crippen molar-refractivity contribution in [3.63, 3.8) is 0 Å². The number of nitro groups is 1. The molecule has 1 unspecified atom stereocenters. The second-order valence-corrected chi connectivity index (χ2v) is 7.25. The van der Waals surface area contributed by atoms with Gasteiger partial charge in [0.2, 0.25) is 0 Å². The van der Waals surface area contributed by atoms with Crippen molar-refractivity contribution in [2.24, 2.45) is 0 Å². The smallest absolute Gasteiger partial charge is 0.266 e. The molecule has 0 fully saturated rings. The number of aromatic nitrogens is 1. The molecule has 126 valence electrons. The molecule has 1 amide bonds. The van der Waals surface area contributed by atoms with Crippen molar-refractivity contribution in [1.29, 1.82) is 0 Å². The molecular formula is C15H16N4O3S2. The Hall–Kier alpha value is -2.13. The number of nitrogens with zero attached hydrogens (tertiary/aromatic N) is 2. The lowest BCUT2D eigenvalue weighted by Gasteiger charge is -2.07. The van der Waals surface area contributed by atoms with Gasteiger partial charge in [-0.05, 0) is 41.8 Å². The van der Waals surface area contributed by atoms with Crippen LogP contribution in [0, 0.1) is 10.1 Å². The van der Waals surface area contributed by atoms with Crippen molar-refractivity contribution in [2.45, 2.75) is 18.2 Å². The Morgan fingerprint density at radius 2 is 2.21 bits per heavy atom. The summed E-state index contributed by atoms with van der Waals surface area (Å²) in [7, 11) is 0. The molecule has 9 heteroatoms. The summed E-state index contributed by atoms with van der Waals surface area (Å²) in [6.07, 6.45) is 2.68. The summed E-state index contributed by atoms with van der Waals surface area (Å²) in [6, 6.07) is 8.02. The topological polar surface area (TPSA) is 97.2 Å². The van der Waals surface area contributed by atoms with E-state index < -0.39 is 5.37 Å². The van der Waals surface area contributed by atoms with Gasteiger partial charge in [-0.25, -0.2) is 0 Å². The Labute approximate surface area is 146 Å². The van der Waals surface area contributed by atoms with E-state index in [0.717, 1.165) is 34.1 Å². The number of anilines is 1. The summed E-state index contributed by atoms with van der Waals surface area (Å²) in [6.45, 7) is 1.20. The number of carbonyl (C=O) groups excluding carboxylic acids is 1. The maximum atomic E-state index is 11.9. The predicted octanol–water partition coefficient (Wildman–Crippen LogP) is 2.84. The number of fused-ring (bicyclic) bond motifs is 1. The van der Waals surface area contributed by atoms with E-state index in [1.165, 1.54) is 11.5 Å². The molecule has 1 aliphatic heterocycles. The van der Waals surface area contributed by atoms with Crippen molar-refractivity contribution in [3.05, 3.63) is 45.4 Å². The largest absolute Gasteiger partial charge is 0.369 e. The molecule has 2 heterocycles. The third-order valence-corrected chi connectivity index (χ3v) is 5.61. The first-order valence-corrected chi connectivity index (χ1v) is 9.17. The van der Waals surface area contributed by atoms with Crippen molar-refractivity contribution >= 4 is 45.1 Å². The van der Waals surface area contributed by atoms with Gasteiger partial charge in [0, 0.05) is 29.8 Å². The number of hydrogen-bond donors (Lipinski definition) is 2. The molecule has 1 aliphatic rings. The molecule has 2 aromatic rings. The van der Waals surface area contributed by atoms with Gasteiger partial charge in [0.25, 0.3) is 11.3 Å². The zero-order chi connectivity index (χ0) is 16.9. The fourth-order valence-electron chi connectivity index (χ4n) is 2.32. The summed E-state index contributed by atoms with van der Waals surface area (Å²) in [5, 5.41) is 17.1. The Balaban J connectivity index is 1.38.